The van der Waals surface area contributed by atoms with Crippen LogP contribution >= 0.6 is 11.6 Å². The van der Waals surface area contributed by atoms with Crippen LogP contribution in [0.15, 0.2) is 58.5 Å². The highest BCUT2D eigenvalue weighted by Gasteiger charge is 2.38. The Bertz CT molecular complexity index is 1120. The summed E-state index contributed by atoms with van der Waals surface area (Å²) < 4.78 is 22.6. The van der Waals surface area contributed by atoms with Crippen molar-refractivity contribution in [2.45, 2.75) is 11.4 Å². The zero-order valence-electron chi connectivity index (χ0n) is 14.0. The van der Waals surface area contributed by atoms with E-state index in [1.807, 2.05) is 0 Å². The molecule has 0 spiro atoms. The van der Waals surface area contributed by atoms with Crippen LogP contribution < -0.4 is 5.14 Å². The number of benzene rings is 2. The number of carbonyl (C=O) groups excluding carboxylic acids is 2. The molecule has 2 amide bonds. The molecule has 2 aromatic carbocycles. The summed E-state index contributed by atoms with van der Waals surface area (Å²) in [5.74, 6) is -1.37. The third kappa shape index (κ3) is 3.65. The van der Waals surface area contributed by atoms with E-state index in [0.717, 1.165) is 4.90 Å². The molecule has 2 N–H and O–H groups in total. The molecule has 0 bridgehead atoms. The van der Waals surface area contributed by atoms with Gasteiger partial charge in [0.2, 0.25) is 10.0 Å². The van der Waals surface area contributed by atoms with Crippen LogP contribution in [0.4, 0.5) is 5.69 Å². The van der Waals surface area contributed by atoms with Gasteiger partial charge in [-0.3, -0.25) is 24.6 Å². The predicted molar refractivity (Wildman–Crippen MR) is 99.2 cm³/mol. The number of non-ortho nitro benzene ring substituents is 1. The molecule has 0 aliphatic carbocycles. The van der Waals surface area contributed by atoms with Gasteiger partial charge in [0, 0.05) is 12.1 Å². The number of halogens is 1. The summed E-state index contributed by atoms with van der Waals surface area (Å²) in [6.45, 7) is -0.130. The topological polar surface area (TPSA) is 141 Å². The lowest BCUT2D eigenvalue weighted by molar-refractivity contribution is -0.384. The molecular formula is C17H12ClN3O6S. The number of amides is 2. The number of rotatable bonds is 5. The molecule has 0 saturated carbocycles. The zero-order chi connectivity index (χ0) is 20.6. The van der Waals surface area contributed by atoms with Gasteiger partial charge in [0.05, 0.1) is 21.9 Å². The van der Waals surface area contributed by atoms with Crippen LogP contribution in [0, 0.1) is 10.1 Å². The number of carbonyl (C=O) groups is 2. The van der Waals surface area contributed by atoms with Crippen molar-refractivity contribution < 1.29 is 22.9 Å². The van der Waals surface area contributed by atoms with Gasteiger partial charge in [-0.05, 0) is 35.4 Å². The van der Waals surface area contributed by atoms with Crippen molar-refractivity contribution >= 4 is 44.7 Å². The molecule has 0 fully saturated rings. The van der Waals surface area contributed by atoms with E-state index in [-0.39, 0.29) is 33.3 Å². The summed E-state index contributed by atoms with van der Waals surface area (Å²) in [6, 6.07) is 10.5. The van der Waals surface area contributed by atoms with E-state index in [1.165, 1.54) is 48.5 Å². The minimum absolute atomic E-state index is 0.0530. The van der Waals surface area contributed by atoms with Crippen LogP contribution in [0.25, 0.3) is 5.57 Å². The van der Waals surface area contributed by atoms with Gasteiger partial charge in [-0.2, -0.15) is 0 Å². The maximum absolute atomic E-state index is 12.7. The van der Waals surface area contributed by atoms with Crippen molar-refractivity contribution in [1.29, 1.82) is 0 Å². The van der Waals surface area contributed by atoms with Crippen molar-refractivity contribution in [3.8, 4) is 0 Å². The number of nitro groups is 1. The normalized spacial score (nSPS) is 14.7. The van der Waals surface area contributed by atoms with E-state index >= 15 is 0 Å². The van der Waals surface area contributed by atoms with Gasteiger partial charge in [-0.1, -0.05) is 23.7 Å². The Hall–Kier alpha value is -3.08. The summed E-state index contributed by atoms with van der Waals surface area (Å²) in [6.07, 6.45) is 0. The highest BCUT2D eigenvalue weighted by atomic mass is 35.5. The first kappa shape index (κ1) is 19.7. The fraction of sp³-hybridized carbons (Fsp3) is 0.0588. The fourth-order valence-corrected chi connectivity index (χ4v) is 3.46. The Kier molecular flexibility index (Phi) is 5.02. The third-order valence-electron chi connectivity index (χ3n) is 4.07. The monoisotopic (exact) mass is 421 g/mol. The molecule has 11 heteroatoms. The van der Waals surface area contributed by atoms with E-state index in [9.17, 15) is 28.1 Å². The van der Waals surface area contributed by atoms with Gasteiger partial charge in [0.25, 0.3) is 17.5 Å². The van der Waals surface area contributed by atoms with Gasteiger partial charge in [0.15, 0.2) is 0 Å². The second-order valence-corrected chi connectivity index (χ2v) is 7.82. The molecule has 1 aliphatic rings. The van der Waals surface area contributed by atoms with Crippen LogP contribution in [0.5, 0.6) is 0 Å². The van der Waals surface area contributed by atoms with E-state index in [0.29, 0.717) is 5.56 Å². The first-order valence-electron chi connectivity index (χ1n) is 7.72. The van der Waals surface area contributed by atoms with E-state index in [2.05, 4.69) is 0 Å². The van der Waals surface area contributed by atoms with Crippen molar-refractivity contribution in [2.75, 3.05) is 0 Å². The predicted octanol–water partition coefficient (Wildman–Crippen LogP) is 1.76. The maximum atomic E-state index is 12.7. The lowest BCUT2D eigenvalue weighted by Crippen LogP contribution is -2.30. The molecule has 0 radical (unpaired) electrons. The molecule has 0 unspecified atom stereocenters. The summed E-state index contributed by atoms with van der Waals surface area (Å²) >= 11 is 6.04. The van der Waals surface area contributed by atoms with Crippen molar-refractivity contribution in [3.05, 3.63) is 74.8 Å². The van der Waals surface area contributed by atoms with Gasteiger partial charge in [-0.15, -0.1) is 0 Å². The minimum Gasteiger partial charge on any atom is -0.269 e. The Labute approximate surface area is 164 Å². The van der Waals surface area contributed by atoms with Crippen LogP contribution in [0.1, 0.15) is 11.1 Å². The SMILES string of the molecule is NS(=O)(=O)c1ccc(CN2C(=O)C(Cl)=C(c3ccc([N+](=O)[O-])cc3)C2=O)cc1. The number of nitrogens with two attached hydrogens (primary N) is 1. The summed E-state index contributed by atoms with van der Waals surface area (Å²) in [4.78, 5) is 36.1. The van der Waals surface area contributed by atoms with Crippen LogP contribution in [0.3, 0.4) is 0 Å². The van der Waals surface area contributed by atoms with Gasteiger partial charge in [0.1, 0.15) is 5.03 Å². The second-order valence-electron chi connectivity index (χ2n) is 5.88. The quantitative estimate of drug-likeness (QED) is 0.443. The molecular weight excluding hydrogens is 410 g/mol. The Morgan fingerprint density at radius 3 is 2.07 bits per heavy atom. The lowest BCUT2D eigenvalue weighted by atomic mass is 10.1. The zero-order valence-corrected chi connectivity index (χ0v) is 15.6. The van der Waals surface area contributed by atoms with Crippen molar-refractivity contribution in [2.24, 2.45) is 5.14 Å². The standard InChI is InChI=1S/C17H12ClN3O6S/c18-15-14(11-3-5-12(6-4-11)21(24)25)16(22)20(17(15)23)9-10-1-7-13(8-2-10)28(19,26)27/h1-8H,9H2,(H2,19,26,27). The van der Waals surface area contributed by atoms with Crippen molar-refractivity contribution in [3.63, 3.8) is 0 Å². The number of hydrogen-bond donors (Lipinski definition) is 1. The number of imide groups is 1. The molecule has 0 aromatic heterocycles. The lowest BCUT2D eigenvalue weighted by Gasteiger charge is -2.15. The highest BCUT2D eigenvalue weighted by molar-refractivity contribution is 7.89. The molecule has 144 valence electrons. The summed E-state index contributed by atoms with van der Waals surface area (Å²) in [5.41, 5.74) is 0.552. The Morgan fingerprint density at radius 1 is 1.00 bits per heavy atom. The highest BCUT2D eigenvalue weighted by Crippen LogP contribution is 2.33. The Balaban J connectivity index is 1.85. The van der Waals surface area contributed by atoms with Gasteiger partial charge in [-0.25, -0.2) is 13.6 Å². The average molecular weight is 422 g/mol. The first-order valence-corrected chi connectivity index (χ1v) is 9.64. The maximum Gasteiger partial charge on any atom is 0.273 e. The molecule has 0 atom stereocenters. The van der Waals surface area contributed by atoms with Crippen LogP contribution in [0.2, 0.25) is 0 Å². The molecule has 3 rings (SSSR count). The van der Waals surface area contributed by atoms with E-state index < -0.39 is 26.8 Å². The van der Waals surface area contributed by atoms with Crippen LogP contribution in [-0.4, -0.2) is 30.1 Å². The number of nitrogens with zero attached hydrogens (tertiary/aromatic N) is 2. The second kappa shape index (κ2) is 7.15. The smallest absolute Gasteiger partial charge is 0.269 e. The van der Waals surface area contributed by atoms with E-state index in [4.69, 9.17) is 16.7 Å². The Morgan fingerprint density at radius 2 is 1.57 bits per heavy atom. The molecule has 1 heterocycles. The molecule has 9 nitrogen and oxygen atoms in total. The number of nitro benzene ring substituents is 1. The molecule has 1 aliphatic heterocycles. The van der Waals surface area contributed by atoms with E-state index in [1.54, 1.807) is 0 Å². The number of primary sulfonamides is 1. The van der Waals surface area contributed by atoms with Gasteiger partial charge >= 0.3 is 0 Å². The molecule has 2 aromatic rings. The number of sulfonamides is 1. The largest absolute Gasteiger partial charge is 0.273 e. The van der Waals surface area contributed by atoms with Crippen LogP contribution in [-0.2, 0) is 26.2 Å². The van der Waals surface area contributed by atoms with Crippen molar-refractivity contribution in [1.82, 2.24) is 4.90 Å². The number of hydrogen-bond acceptors (Lipinski definition) is 6. The third-order valence-corrected chi connectivity index (χ3v) is 5.35. The summed E-state index contributed by atoms with van der Waals surface area (Å²) in [7, 11) is -3.86. The molecule has 0 saturated heterocycles. The minimum atomic E-state index is -3.86. The fourth-order valence-electron chi connectivity index (χ4n) is 2.66. The van der Waals surface area contributed by atoms with Gasteiger partial charge < -0.3 is 0 Å². The average Bonchev–Trinajstić information content (AvgIpc) is 2.85. The first-order chi connectivity index (χ1) is 13.1. The summed E-state index contributed by atoms with van der Waals surface area (Å²) in [5, 5.41) is 15.5. The molecule has 28 heavy (non-hydrogen) atoms.